The maximum atomic E-state index is 12.1. The summed E-state index contributed by atoms with van der Waals surface area (Å²) in [6.07, 6.45) is 3.38. The fraction of sp³-hybridized carbons (Fsp3) is 0.240. The number of aromatic nitrogens is 1. The molecule has 4 rings (SSSR count). The van der Waals surface area contributed by atoms with Gasteiger partial charge in [0.1, 0.15) is 5.75 Å². The van der Waals surface area contributed by atoms with Crippen LogP contribution in [0.5, 0.6) is 5.75 Å². The Balaban J connectivity index is 1.95. The molecule has 0 saturated heterocycles. The first-order chi connectivity index (χ1) is 14.1. The number of amides is 1. The molecule has 29 heavy (non-hydrogen) atoms. The van der Waals surface area contributed by atoms with Crippen molar-refractivity contribution in [2.75, 3.05) is 7.11 Å². The predicted molar refractivity (Wildman–Crippen MR) is 119 cm³/mol. The number of ether oxygens (including phenoxy) is 1. The number of nitrogens with two attached hydrogens (primary N) is 1. The van der Waals surface area contributed by atoms with E-state index in [1.54, 1.807) is 7.11 Å². The van der Waals surface area contributed by atoms with Crippen molar-refractivity contribution in [3.63, 3.8) is 0 Å². The zero-order chi connectivity index (χ0) is 20.4. The third kappa shape index (κ3) is 3.58. The molecular weight excluding hydrogens is 360 g/mol. The number of aryl methyl sites for hydroxylation is 1. The van der Waals surface area contributed by atoms with Crippen molar-refractivity contribution < 1.29 is 9.53 Å². The Morgan fingerprint density at radius 2 is 1.83 bits per heavy atom. The molecule has 148 valence electrons. The zero-order valence-corrected chi connectivity index (χ0v) is 16.9. The van der Waals surface area contributed by atoms with Gasteiger partial charge in [0.15, 0.2) is 0 Å². The Morgan fingerprint density at radius 3 is 2.59 bits per heavy atom. The lowest BCUT2D eigenvalue weighted by Crippen LogP contribution is -2.11. The average molecular weight is 386 g/mol. The van der Waals surface area contributed by atoms with Crippen molar-refractivity contribution in [1.82, 2.24) is 4.57 Å². The molecule has 0 atom stereocenters. The zero-order valence-electron chi connectivity index (χ0n) is 16.9. The van der Waals surface area contributed by atoms with Crippen LogP contribution in [0.4, 0.5) is 0 Å². The SMILES string of the molecule is CCCCc1ccc2c3c(C(N)=O)cccc3n(Cc3cccc(OC)c3)c2c1. The van der Waals surface area contributed by atoms with Crippen LogP contribution < -0.4 is 10.5 Å². The minimum absolute atomic E-state index is 0.397. The van der Waals surface area contributed by atoms with E-state index in [9.17, 15) is 4.79 Å². The van der Waals surface area contributed by atoms with Gasteiger partial charge in [-0.15, -0.1) is 0 Å². The van der Waals surface area contributed by atoms with Crippen LogP contribution in [0.15, 0.2) is 60.7 Å². The molecule has 0 unspecified atom stereocenters. The Labute approximate surface area is 170 Å². The monoisotopic (exact) mass is 386 g/mol. The van der Waals surface area contributed by atoms with Crippen molar-refractivity contribution in [2.45, 2.75) is 32.7 Å². The maximum Gasteiger partial charge on any atom is 0.249 e. The maximum absolute atomic E-state index is 12.1. The number of carbonyl (C=O) groups excluding carboxylic acids is 1. The highest BCUT2D eigenvalue weighted by molar-refractivity contribution is 6.18. The van der Waals surface area contributed by atoms with Crippen molar-refractivity contribution in [2.24, 2.45) is 5.73 Å². The van der Waals surface area contributed by atoms with E-state index in [0.29, 0.717) is 12.1 Å². The summed E-state index contributed by atoms with van der Waals surface area (Å²) in [6.45, 7) is 2.90. The number of fused-ring (bicyclic) bond motifs is 3. The minimum Gasteiger partial charge on any atom is -0.497 e. The standard InChI is InChI=1S/C25H26N2O2/c1-3-4-7-17-12-13-20-23(15-17)27(16-18-8-5-9-19(14-18)29-2)22-11-6-10-21(24(20)22)25(26)28/h5-6,8-15H,3-4,7,16H2,1-2H3,(H2,26,28). The van der Waals surface area contributed by atoms with Gasteiger partial charge < -0.3 is 15.0 Å². The molecule has 4 nitrogen and oxygen atoms in total. The number of methoxy groups -OCH3 is 1. The Morgan fingerprint density at radius 1 is 1.00 bits per heavy atom. The van der Waals surface area contributed by atoms with Crippen molar-refractivity contribution in [3.05, 3.63) is 77.4 Å². The van der Waals surface area contributed by atoms with E-state index in [0.717, 1.165) is 52.4 Å². The summed E-state index contributed by atoms with van der Waals surface area (Å²) in [5, 5.41) is 2.00. The third-order valence-electron chi connectivity index (χ3n) is 5.51. The van der Waals surface area contributed by atoms with Gasteiger partial charge in [0, 0.05) is 28.4 Å². The quantitative estimate of drug-likeness (QED) is 0.469. The van der Waals surface area contributed by atoms with Gasteiger partial charge in [-0.05, 0) is 54.3 Å². The van der Waals surface area contributed by atoms with Crippen LogP contribution in [0, 0.1) is 0 Å². The number of hydrogen-bond donors (Lipinski definition) is 1. The summed E-state index contributed by atoms with van der Waals surface area (Å²) < 4.78 is 7.67. The van der Waals surface area contributed by atoms with Crippen molar-refractivity contribution >= 4 is 27.7 Å². The number of carbonyl (C=O) groups is 1. The first kappa shape index (κ1) is 19.1. The minimum atomic E-state index is -0.397. The Hall–Kier alpha value is -3.27. The van der Waals surface area contributed by atoms with Gasteiger partial charge in [-0.25, -0.2) is 0 Å². The van der Waals surface area contributed by atoms with Crippen LogP contribution in [0.25, 0.3) is 21.8 Å². The molecule has 0 aliphatic carbocycles. The van der Waals surface area contributed by atoms with Crippen LogP contribution >= 0.6 is 0 Å². The Kier molecular flexibility index (Phi) is 5.26. The lowest BCUT2D eigenvalue weighted by Gasteiger charge is -2.10. The topological polar surface area (TPSA) is 57.2 Å². The molecular formula is C25H26N2O2. The largest absolute Gasteiger partial charge is 0.497 e. The highest BCUT2D eigenvalue weighted by atomic mass is 16.5. The van der Waals surface area contributed by atoms with Crippen molar-refractivity contribution in [3.8, 4) is 5.75 Å². The molecule has 0 spiro atoms. The smallest absolute Gasteiger partial charge is 0.249 e. The number of unbranched alkanes of at least 4 members (excludes halogenated alkanes) is 1. The average Bonchev–Trinajstić information content (AvgIpc) is 3.05. The number of benzene rings is 3. The lowest BCUT2D eigenvalue weighted by molar-refractivity contribution is 0.100. The second kappa shape index (κ2) is 8.00. The Bertz CT molecular complexity index is 1190. The molecule has 3 aromatic carbocycles. The first-order valence-electron chi connectivity index (χ1n) is 10.1. The van der Waals surface area contributed by atoms with E-state index in [1.165, 1.54) is 5.56 Å². The molecule has 0 aliphatic rings. The molecule has 1 aromatic heterocycles. The van der Waals surface area contributed by atoms with Crippen LogP contribution in [-0.2, 0) is 13.0 Å². The highest BCUT2D eigenvalue weighted by Crippen LogP contribution is 2.33. The van der Waals surface area contributed by atoms with Gasteiger partial charge in [-0.2, -0.15) is 0 Å². The molecule has 0 radical (unpaired) electrons. The third-order valence-corrected chi connectivity index (χ3v) is 5.51. The van der Waals surface area contributed by atoms with E-state index in [4.69, 9.17) is 10.5 Å². The molecule has 0 aliphatic heterocycles. The first-order valence-corrected chi connectivity index (χ1v) is 10.1. The predicted octanol–water partition coefficient (Wildman–Crippen LogP) is 5.29. The van der Waals surface area contributed by atoms with Gasteiger partial charge in [0.25, 0.3) is 0 Å². The summed E-state index contributed by atoms with van der Waals surface area (Å²) in [4.78, 5) is 12.1. The molecule has 4 aromatic rings. The second-order valence-corrected chi connectivity index (χ2v) is 7.46. The molecule has 4 heteroatoms. The normalized spacial score (nSPS) is 11.2. The highest BCUT2D eigenvalue weighted by Gasteiger charge is 2.17. The molecule has 2 N–H and O–H groups in total. The lowest BCUT2D eigenvalue weighted by atomic mass is 10.0. The van der Waals surface area contributed by atoms with Crippen molar-refractivity contribution in [1.29, 1.82) is 0 Å². The summed E-state index contributed by atoms with van der Waals surface area (Å²) in [7, 11) is 1.68. The summed E-state index contributed by atoms with van der Waals surface area (Å²) >= 11 is 0. The fourth-order valence-electron chi connectivity index (χ4n) is 4.06. The number of rotatable bonds is 7. The van der Waals surface area contributed by atoms with E-state index >= 15 is 0 Å². The van der Waals surface area contributed by atoms with E-state index in [1.807, 2.05) is 24.3 Å². The molecule has 0 saturated carbocycles. The number of nitrogens with zero attached hydrogens (tertiary/aromatic N) is 1. The van der Waals surface area contributed by atoms with Gasteiger partial charge in [-0.1, -0.05) is 43.7 Å². The summed E-state index contributed by atoms with van der Waals surface area (Å²) in [5.41, 5.74) is 10.9. The van der Waals surface area contributed by atoms with Crippen LogP contribution in [-0.4, -0.2) is 17.6 Å². The van der Waals surface area contributed by atoms with Gasteiger partial charge in [0.2, 0.25) is 5.91 Å². The van der Waals surface area contributed by atoms with Crippen LogP contribution in [0.2, 0.25) is 0 Å². The summed E-state index contributed by atoms with van der Waals surface area (Å²) in [6, 6.07) is 20.4. The van der Waals surface area contributed by atoms with Crippen LogP contribution in [0.3, 0.4) is 0 Å². The number of hydrogen-bond acceptors (Lipinski definition) is 2. The fourth-order valence-corrected chi connectivity index (χ4v) is 4.06. The van der Waals surface area contributed by atoms with Crippen LogP contribution in [0.1, 0.15) is 41.3 Å². The van der Waals surface area contributed by atoms with E-state index in [-0.39, 0.29) is 0 Å². The second-order valence-electron chi connectivity index (χ2n) is 7.46. The molecule has 1 amide bonds. The molecule has 0 fully saturated rings. The molecule has 1 heterocycles. The van der Waals surface area contributed by atoms with Gasteiger partial charge in [-0.3, -0.25) is 4.79 Å². The van der Waals surface area contributed by atoms with Gasteiger partial charge in [0.05, 0.1) is 12.6 Å². The summed E-state index contributed by atoms with van der Waals surface area (Å²) in [5.74, 6) is 0.441. The van der Waals surface area contributed by atoms with E-state index in [2.05, 4.69) is 47.9 Å². The number of primary amides is 1. The van der Waals surface area contributed by atoms with Gasteiger partial charge >= 0.3 is 0 Å². The molecule has 0 bridgehead atoms. The van der Waals surface area contributed by atoms with E-state index < -0.39 is 5.91 Å².